The molecule has 102 valence electrons. The fourth-order valence-corrected chi connectivity index (χ4v) is 2.71. The molecule has 3 rings (SSSR count). The lowest BCUT2D eigenvalue weighted by Gasteiger charge is -2.09. The van der Waals surface area contributed by atoms with E-state index in [1.807, 2.05) is 35.8 Å². The maximum atomic E-state index is 6.10. The summed E-state index contributed by atoms with van der Waals surface area (Å²) >= 11 is 18.1. The second-order valence-corrected chi connectivity index (χ2v) is 5.67. The zero-order valence-corrected chi connectivity index (χ0v) is 13.0. The van der Waals surface area contributed by atoms with E-state index in [0.29, 0.717) is 15.9 Å². The van der Waals surface area contributed by atoms with Crippen LogP contribution in [0.3, 0.4) is 0 Å². The molecule has 0 fully saturated rings. The molecule has 0 aliphatic carbocycles. The van der Waals surface area contributed by atoms with Crippen molar-refractivity contribution in [3.63, 3.8) is 0 Å². The Bertz CT molecular complexity index is 793. The predicted octanol–water partition coefficient (Wildman–Crippen LogP) is 5.38. The van der Waals surface area contributed by atoms with Gasteiger partial charge in [-0.1, -0.05) is 29.3 Å². The molecule has 5 heteroatoms. The molecule has 20 heavy (non-hydrogen) atoms. The van der Waals surface area contributed by atoms with Crippen LogP contribution in [-0.2, 0) is 5.88 Å². The molecule has 0 saturated carbocycles. The Balaban J connectivity index is 2.30. The van der Waals surface area contributed by atoms with Crippen molar-refractivity contribution in [3.8, 4) is 5.69 Å². The van der Waals surface area contributed by atoms with E-state index in [-0.39, 0.29) is 0 Å². The van der Waals surface area contributed by atoms with E-state index >= 15 is 0 Å². The van der Waals surface area contributed by atoms with Crippen LogP contribution >= 0.6 is 34.8 Å². The van der Waals surface area contributed by atoms with Gasteiger partial charge in [0.2, 0.25) is 0 Å². The predicted molar refractivity (Wildman–Crippen MR) is 85.4 cm³/mol. The van der Waals surface area contributed by atoms with Gasteiger partial charge in [-0.25, -0.2) is 4.98 Å². The highest BCUT2D eigenvalue weighted by Crippen LogP contribution is 2.28. The molecule has 1 aromatic heterocycles. The normalized spacial score (nSPS) is 11.2. The average Bonchev–Trinajstić information content (AvgIpc) is 2.79. The van der Waals surface area contributed by atoms with E-state index in [1.54, 1.807) is 6.07 Å². The highest BCUT2D eigenvalue weighted by Gasteiger charge is 2.12. The van der Waals surface area contributed by atoms with Gasteiger partial charge in [-0.3, -0.25) is 4.57 Å². The van der Waals surface area contributed by atoms with Crippen LogP contribution in [0.1, 0.15) is 11.4 Å². The van der Waals surface area contributed by atoms with E-state index in [1.165, 1.54) is 0 Å². The third-order valence-corrected chi connectivity index (χ3v) is 4.14. The summed E-state index contributed by atoms with van der Waals surface area (Å²) in [6, 6.07) is 11.6. The molecule has 0 aliphatic heterocycles. The topological polar surface area (TPSA) is 17.8 Å². The second kappa shape index (κ2) is 5.28. The summed E-state index contributed by atoms with van der Waals surface area (Å²) in [5.41, 5.74) is 4.00. The van der Waals surface area contributed by atoms with Crippen molar-refractivity contribution in [2.45, 2.75) is 12.8 Å². The Morgan fingerprint density at radius 1 is 1.05 bits per heavy atom. The molecule has 0 atom stereocenters. The minimum atomic E-state index is 0.327. The fraction of sp³-hybridized carbons (Fsp3) is 0.133. The van der Waals surface area contributed by atoms with Crippen LogP contribution in [0, 0.1) is 6.92 Å². The van der Waals surface area contributed by atoms with Crippen LogP contribution in [0.25, 0.3) is 16.7 Å². The minimum Gasteiger partial charge on any atom is -0.295 e. The minimum absolute atomic E-state index is 0.327. The lowest BCUT2D eigenvalue weighted by atomic mass is 10.2. The van der Waals surface area contributed by atoms with Crippen LogP contribution in [0.5, 0.6) is 0 Å². The van der Waals surface area contributed by atoms with E-state index in [9.17, 15) is 0 Å². The highest BCUT2D eigenvalue weighted by atomic mass is 35.5. The maximum absolute atomic E-state index is 6.10. The summed E-state index contributed by atoms with van der Waals surface area (Å²) in [7, 11) is 0. The number of alkyl halides is 1. The molecule has 0 amide bonds. The van der Waals surface area contributed by atoms with Crippen LogP contribution < -0.4 is 0 Å². The molecule has 0 unspecified atom stereocenters. The van der Waals surface area contributed by atoms with E-state index in [0.717, 1.165) is 28.1 Å². The van der Waals surface area contributed by atoms with Gasteiger partial charge in [0, 0.05) is 5.69 Å². The molecule has 2 nitrogen and oxygen atoms in total. The third kappa shape index (κ3) is 2.28. The van der Waals surface area contributed by atoms with Crippen molar-refractivity contribution in [1.82, 2.24) is 9.55 Å². The van der Waals surface area contributed by atoms with Crippen molar-refractivity contribution in [3.05, 3.63) is 57.8 Å². The van der Waals surface area contributed by atoms with Gasteiger partial charge in [0.05, 0.1) is 27.0 Å². The number of imidazole rings is 1. The molecule has 0 aliphatic rings. The lowest BCUT2D eigenvalue weighted by molar-refractivity contribution is 0.982. The quantitative estimate of drug-likeness (QED) is 0.578. The number of halogens is 3. The Morgan fingerprint density at radius 3 is 2.55 bits per heavy atom. The number of aromatic nitrogens is 2. The summed E-state index contributed by atoms with van der Waals surface area (Å²) in [4.78, 5) is 4.58. The van der Waals surface area contributed by atoms with Gasteiger partial charge in [-0.15, -0.1) is 11.6 Å². The van der Waals surface area contributed by atoms with Crippen LogP contribution in [0.2, 0.25) is 10.0 Å². The van der Waals surface area contributed by atoms with Gasteiger partial charge in [0.15, 0.2) is 0 Å². The Labute approximate surface area is 131 Å². The van der Waals surface area contributed by atoms with Gasteiger partial charge in [-0.05, 0) is 42.8 Å². The van der Waals surface area contributed by atoms with Crippen LogP contribution in [0.4, 0.5) is 0 Å². The van der Waals surface area contributed by atoms with Crippen molar-refractivity contribution in [2.75, 3.05) is 0 Å². The van der Waals surface area contributed by atoms with E-state index in [4.69, 9.17) is 34.8 Å². The van der Waals surface area contributed by atoms with Gasteiger partial charge in [-0.2, -0.15) is 0 Å². The van der Waals surface area contributed by atoms with E-state index < -0.39 is 0 Å². The first-order chi connectivity index (χ1) is 9.60. The van der Waals surface area contributed by atoms with Crippen molar-refractivity contribution in [2.24, 2.45) is 0 Å². The zero-order chi connectivity index (χ0) is 14.3. The van der Waals surface area contributed by atoms with Crippen molar-refractivity contribution in [1.29, 1.82) is 0 Å². The number of nitrogens with zero attached hydrogens (tertiary/aromatic N) is 2. The second-order valence-electron chi connectivity index (χ2n) is 4.59. The van der Waals surface area contributed by atoms with Gasteiger partial charge in [0.1, 0.15) is 5.82 Å². The van der Waals surface area contributed by atoms with Crippen molar-refractivity contribution >= 4 is 45.8 Å². The summed E-state index contributed by atoms with van der Waals surface area (Å²) < 4.78 is 2.00. The third-order valence-electron chi connectivity index (χ3n) is 3.16. The molecule has 0 spiro atoms. The number of aryl methyl sites for hydroxylation is 1. The average molecular weight is 326 g/mol. The molecule has 2 aromatic carbocycles. The Morgan fingerprint density at radius 2 is 1.85 bits per heavy atom. The maximum Gasteiger partial charge on any atom is 0.129 e. The molecule has 0 saturated heterocycles. The van der Waals surface area contributed by atoms with Gasteiger partial charge < -0.3 is 0 Å². The summed E-state index contributed by atoms with van der Waals surface area (Å²) in [5.74, 6) is 1.11. The van der Waals surface area contributed by atoms with E-state index in [2.05, 4.69) is 11.1 Å². The monoisotopic (exact) mass is 324 g/mol. The number of fused-ring (bicyclic) bond motifs is 1. The molecule has 3 aromatic rings. The standard InChI is InChI=1S/C15H11Cl3N2/c1-9-2-5-14-13(6-9)19-15(8-16)20(14)10-3-4-11(17)12(18)7-10/h2-7H,8H2,1H3. The first kappa shape index (κ1) is 13.7. The fourth-order valence-electron chi connectivity index (χ4n) is 2.24. The Hall–Kier alpha value is -1.22. The summed E-state index contributed by atoms with van der Waals surface area (Å²) in [6.07, 6.45) is 0. The first-order valence-corrected chi connectivity index (χ1v) is 7.38. The lowest BCUT2D eigenvalue weighted by Crippen LogP contribution is -1.99. The summed E-state index contributed by atoms with van der Waals surface area (Å²) in [6.45, 7) is 2.04. The zero-order valence-electron chi connectivity index (χ0n) is 10.7. The number of hydrogen-bond acceptors (Lipinski definition) is 1. The molecule has 0 radical (unpaired) electrons. The molecular formula is C15H11Cl3N2. The highest BCUT2D eigenvalue weighted by molar-refractivity contribution is 6.42. The van der Waals surface area contributed by atoms with Crippen molar-refractivity contribution < 1.29 is 0 Å². The number of hydrogen-bond donors (Lipinski definition) is 0. The molecule has 0 N–H and O–H groups in total. The van der Waals surface area contributed by atoms with Crippen LogP contribution in [-0.4, -0.2) is 9.55 Å². The summed E-state index contributed by atoms with van der Waals surface area (Å²) in [5, 5.41) is 1.04. The molecule has 1 heterocycles. The van der Waals surface area contributed by atoms with Gasteiger partial charge >= 0.3 is 0 Å². The Kier molecular flexibility index (Phi) is 3.63. The van der Waals surface area contributed by atoms with Gasteiger partial charge in [0.25, 0.3) is 0 Å². The first-order valence-electron chi connectivity index (χ1n) is 6.09. The number of benzene rings is 2. The SMILES string of the molecule is Cc1ccc2c(c1)nc(CCl)n2-c1ccc(Cl)c(Cl)c1. The van der Waals surface area contributed by atoms with Crippen LogP contribution in [0.15, 0.2) is 36.4 Å². The molecule has 0 bridgehead atoms. The largest absolute Gasteiger partial charge is 0.295 e. The molecular weight excluding hydrogens is 315 g/mol. The number of rotatable bonds is 2. The smallest absolute Gasteiger partial charge is 0.129 e.